The SMILES string of the molecule is CC.CC(=O)N1CCN(C(C)C)C[C@@H]1C.C[C@@H]1CN(C)C[C@H](C)N1C. The van der Waals surface area contributed by atoms with Crippen LogP contribution in [0.25, 0.3) is 0 Å². The Morgan fingerprint density at radius 1 is 0.880 bits per heavy atom. The molecular weight excluding hydrogens is 312 g/mol. The van der Waals surface area contributed by atoms with Crippen LogP contribution in [-0.2, 0) is 4.79 Å². The van der Waals surface area contributed by atoms with Crippen molar-refractivity contribution in [3.63, 3.8) is 0 Å². The van der Waals surface area contributed by atoms with E-state index in [9.17, 15) is 4.79 Å². The average Bonchev–Trinajstić information content (AvgIpc) is 2.54. The lowest BCUT2D eigenvalue weighted by molar-refractivity contribution is -0.133. The Labute approximate surface area is 157 Å². The van der Waals surface area contributed by atoms with Gasteiger partial charge in [-0.2, -0.15) is 0 Å². The van der Waals surface area contributed by atoms with Crippen molar-refractivity contribution in [1.82, 2.24) is 19.6 Å². The molecule has 2 fully saturated rings. The van der Waals surface area contributed by atoms with Gasteiger partial charge >= 0.3 is 0 Å². The third kappa shape index (κ3) is 8.06. The topological polar surface area (TPSA) is 30.0 Å². The van der Waals surface area contributed by atoms with Gasteiger partial charge in [-0.15, -0.1) is 0 Å². The molecule has 0 aliphatic carbocycles. The molecular formula is C20H44N4O. The second-order valence-electron chi connectivity index (χ2n) is 7.73. The third-order valence-electron chi connectivity index (χ3n) is 5.34. The van der Waals surface area contributed by atoms with E-state index in [1.54, 1.807) is 6.92 Å². The first kappa shape index (κ1) is 24.4. The van der Waals surface area contributed by atoms with E-state index in [-0.39, 0.29) is 5.91 Å². The van der Waals surface area contributed by atoms with Crippen molar-refractivity contribution in [2.45, 2.75) is 79.6 Å². The molecule has 5 nitrogen and oxygen atoms in total. The van der Waals surface area contributed by atoms with Gasteiger partial charge in [0.25, 0.3) is 0 Å². The number of carbonyl (C=O) groups is 1. The number of likely N-dealkylation sites (N-methyl/N-ethyl adjacent to an activating group) is 2. The van der Waals surface area contributed by atoms with Crippen molar-refractivity contribution in [2.24, 2.45) is 0 Å². The smallest absolute Gasteiger partial charge is 0.219 e. The lowest BCUT2D eigenvalue weighted by Gasteiger charge is -2.41. The van der Waals surface area contributed by atoms with Crippen LogP contribution in [0.3, 0.4) is 0 Å². The van der Waals surface area contributed by atoms with E-state index in [4.69, 9.17) is 0 Å². The van der Waals surface area contributed by atoms with Gasteiger partial charge in [-0.25, -0.2) is 0 Å². The van der Waals surface area contributed by atoms with Crippen LogP contribution in [0.5, 0.6) is 0 Å². The zero-order chi connectivity index (χ0) is 19.7. The highest BCUT2D eigenvalue weighted by atomic mass is 16.2. The second-order valence-corrected chi connectivity index (χ2v) is 7.73. The van der Waals surface area contributed by atoms with Crippen LogP contribution in [-0.4, -0.2) is 96.5 Å². The summed E-state index contributed by atoms with van der Waals surface area (Å²) in [6.45, 7) is 22.1. The fourth-order valence-electron chi connectivity index (χ4n) is 3.59. The van der Waals surface area contributed by atoms with Crippen molar-refractivity contribution < 1.29 is 4.79 Å². The molecule has 0 spiro atoms. The van der Waals surface area contributed by atoms with Crippen LogP contribution < -0.4 is 0 Å². The minimum Gasteiger partial charge on any atom is -0.338 e. The van der Waals surface area contributed by atoms with E-state index < -0.39 is 0 Å². The first-order valence-electron chi connectivity index (χ1n) is 10.0. The van der Waals surface area contributed by atoms with Gasteiger partial charge in [-0.3, -0.25) is 14.6 Å². The maximum absolute atomic E-state index is 11.2. The number of piperazine rings is 2. The molecule has 25 heavy (non-hydrogen) atoms. The van der Waals surface area contributed by atoms with E-state index in [0.717, 1.165) is 19.6 Å². The molecule has 2 heterocycles. The van der Waals surface area contributed by atoms with E-state index in [0.29, 0.717) is 24.2 Å². The predicted octanol–water partition coefficient (Wildman–Crippen LogP) is 2.61. The normalized spacial score (nSPS) is 28.8. The first-order valence-corrected chi connectivity index (χ1v) is 10.0. The highest BCUT2D eigenvalue weighted by Crippen LogP contribution is 2.12. The van der Waals surface area contributed by atoms with E-state index in [1.165, 1.54) is 13.1 Å². The van der Waals surface area contributed by atoms with E-state index in [1.807, 2.05) is 18.7 Å². The van der Waals surface area contributed by atoms with Crippen molar-refractivity contribution >= 4 is 5.91 Å². The molecule has 0 saturated carbocycles. The summed E-state index contributed by atoms with van der Waals surface area (Å²) in [5.74, 6) is 0.205. The molecule has 3 atom stereocenters. The van der Waals surface area contributed by atoms with Crippen LogP contribution in [0.4, 0.5) is 0 Å². The zero-order valence-corrected chi connectivity index (χ0v) is 18.5. The molecule has 150 valence electrons. The average molecular weight is 357 g/mol. The summed E-state index contributed by atoms with van der Waals surface area (Å²) in [5, 5.41) is 0. The van der Waals surface area contributed by atoms with Crippen LogP contribution in [0, 0.1) is 0 Å². The van der Waals surface area contributed by atoms with Gasteiger partial charge in [-0.1, -0.05) is 13.8 Å². The molecule has 0 unspecified atom stereocenters. The monoisotopic (exact) mass is 356 g/mol. The summed E-state index contributed by atoms with van der Waals surface area (Å²) in [7, 11) is 4.41. The molecule has 0 N–H and O–H groups in total. The maximum Gasteiger partial charge on any atom is 0.219 e. The Morgan fingerprint density at radius 3 is 1.72 bits per heavy atom. The zero-order valence-electron chi connectivity index (χ0n) is 18.5. The molecule has 5 heteroatoms. The Balaban J connectivity index is 0.000000430. The molecule has 0 aromatic heterocycles. The van der Waals surface area contributed by atoms with Gasteiger partial charge in [0.15, 0.2) is 0 Å². The Morgan fingerprint density at radius 2 is 1.36 bits per heavy atom. The van der Waals surface area contributed by atoms with Gasteiger partial charge < -0.3 is 9.80 Å². The number of hydrogen-bond donors (Lipinski definition) is 0. The fraction of sp³-hybridized carbons (Fsp3) is 0.950. The minimum atomic E-state index is 0.205. The first-order chi connectivity index (χ1) is 11.6. The number of rotatable bonds is 1. The third-order valence-corrected chi connectivity index (χ3v) is 5.34. The van der Waals surface area contributed by atoms with Crippen molar-refractivity contribution in [1.29, 1.82) is 0 Å². The summed E-state index contributed by atoms with van der Waals surface area (Å²) >= 11 is 0. The van der Waals surface area contributed by atoms with Gasteiger partial charge in [0.05, 0.1) is 0 Å². The standard InChI is InChI=1S/C10H20N2O.C8H18N2.C2H6/c1-8(2)11-5-6-12(10(4)13)9(3)7-11;1-7-5-9(3)6-8(2)10(7)4;1-2/h8-9H,5-7H2,1-4H3;7-8H,5-6H2,1-4H3;1-2H3/t9-;7-,8+;/m0../s1. The lowest BCUT2D eigenvalue weighted by Crippen LogP contribution is -2.55. The summed E-state index contributed by atoms with van der Waals surface area (Å²) in [4.78, 5) is 20.4. The van der Waals surface area contributed by atoms with Gasteiger partial charge in [0.1, 0.15) is 0 Å². The van der Waals surface area contributed by atoms with Crippen LogP contribution in [0.15, 0.2) is 0 Å². The fourth-order valence-corrected chi connectivity index (χ4v) is 3.59. The van der Waals surface area contributed by atoms with Crippen LogP contribution in [0.1, 0.15) is 55.4 Å². The molecule has 2 rings (SSSR count). The minimum absolute atomic E-state index is 0.205. The molecule has 0 aromatic rings. The summed E-state index contributed by atoms with van der Waals surface area (Å²) in [6, 6.07) is 2.40. The van der Waals surface area contributed by atoms with E-state index >= 15 is 0 Å². The molecule has 0 radical (unpaired) electrons. The maximum atomic E-state index is 11.2. The Hall–Kier alpha value is -0.650. The molecule has 0 bridgehead atoms. The molecule has 0 aromatic carbocycles. The van der Waals surface area contributed by atoms with Crippen LogP contribution >= 0.6 is 0 Å². The van der Waals surface area contributed by atoms with E-state index in [2.05, 4.69) is 63.4 Å². The summed E-state index contributed by atoms with van der Waals surface area (Å²) in [5.41, 5.74) is 0. The van der Waals surface area contributed by atoms with Crippen molar-refractivity contribution in [2.75, 3.05) is 46.8 Å². The Kier molecular flexibility index (Phi) is 11.6. The van der Waals surface area contributed by atoms with Gasteiger partial charge in [-0.05, 0) is 48.7 Å². The summed E-state index contributed by atoms with van der Waals surface area (Å²) < 4.78 is 0. The largest absolute Gasteiger partial charge is 0.338 e. The van der Waals surface area contributed by atoms with Gasteiger partial charge in [0.2, 0.25) is 5.91 Å². The number of hydrogen-bond acceptors (Lipinski definition) is 4. The number of amides is 1. The molecule has 2 aliphatic heterocycles. The number of carbonyl (C=O) groups excluding carboxylic acids is 1. The Bertz CT molecular complexity index is 363. The molecule has 2 saturated heterocycles. The quantitative estimate of drug-likeness (QED) is 0.722. The second kappa shape index (κ2) is 11.9. The number of nitrogens with zero attached hydrogens (tertiary/aromatic N) is 4. The predicted molar refractivity (Wildman–Crippen MR) is 109 cm³/mol. The summed E-state index contributed by atoms with van der Waals surface area (Å²) in [6.07, 6.45) is 0. The van der Waals surface area contributed by atoms with Crippen molar-refractivity contribution in [3.05, 3.63) is 0 Å². The molecule has 1 amide bonds. The lowest BCUT2D eigenvalue weighted by atomic mass is 10.1. The van der Waals surface area contributed by atoms with Crippen LogP contribution in [0.2, 0.25) is 0 Å². The van der Waals surface area contributed by atoms with Crippen molar-refractivity contribution in [3.8, 4) is 0 Å². The highest BCUT2D eigenvalue weighted by molar-refractivity contribution is 5.73. The molecule has 2 aliphatic rings. The van der Waals surface area contributed by atoms with Gasteiger partial charge in [0, 0.05) is 63.8 Å². The highest BCUT2D eigenvalue weighted by Gasteiger charge is 2.26.